The zero-order valence-electron chi connectivity index (χ0n) is 6.68. The fraction of sp³-hybridized carbons (Fsp3) is 0.333. The van der Waals surface area contributed by atoms with Crippen LogP contribution in [0.1, 0.15) is 13.3 Å². The first kappa shape index (κ1) is 8.05. The van der Waals surface area contributed by atoms with E-state index in [9.17, 15) is 4.39 Å². The molecule has 1 rings (SSSR count). The molecule has 0 aromatic heterocycles. The SMILES string of the molecule is C=C(C)N1C=C(F)C=CCC1. The molecule has 60 valence electrons. The second-order valence-corrected chi connectivity index (χ2v) is 2.63. The van der Waals surface area contributed by atoms with Crippen LogP contribution in [-0.4, -0.2) is 11.4 Å². The summed E-state index contributed by atoms with van der Waals surface area (Å²) in [5, 5.41) is 0. The molecule has 1 heterocycles. The van der Waals surface area contributed by atoms with Crippen LogP contribution < -0.4 is 0 Å². The second kappa shape index (κ2) is 3.37. The van der Waals surface area contributed by atoms with Crippen molar-refractivity contribution in [2.45, 2.75) is 13.3 Å². The summed E-state index contributed by atoms with van der Waals surface area (Å²) >= 11 is 0. The summed E-state index contributed by atoms with van der Waals surface area (Å²) in [5.41, 5.74) is 0.879. The average Bonchev–Trinajstić information content (AvgIpc) is 2.13. The third-order valence-corrected chi connectivity index (χ3v) is 1.58. The Hall–Kier alpha value is -1.05. The smallest absolute Gasteiger partial charge is 0.139 e. The molecule has 11 heavy (non-hydrogen) atoms. The Morgan fingerprint density at radius 1 is 1.73 bits per heavy atom. The van der Waals surface area contributed by atoms with Gasteiger partial charge in [-0.05, 0) is 19.4 Å². The minimum Gasteiger partial charge on any atom is -0.349 e. The second-order valence-electron chi connectivity index (χ2n) is 2.63. The summed E-state index contributed by atoms with van der Waals surface area (Å²) in [6.45, 7) is 6.43. The molecule has 0 aliphatic carbocycles. The standard InChI is InChI=1S/C9H12FN/c1-8(2)11-6-4-3-5-9(10)7-11/h3,5,7H,1,4,6H2,2H3. The summed E-state index contributed by atoms with van der Waals surface area (Å²) < 4.78 is 12.7. The summed E-state index contributed by atoms with van der Waals surface area (Å²) in [7, 11) is 0. The van der Waals surface area contributed by atoms with Gasteiger partial charge in [-0.3, -0.25) is 0 Å². The molecular formula is C9H12FN. The zero-order valence-corrected chi connectivity index (χ0v) is 6.68. The van der Waals surface area contributed by atoms with E-state index < -0.39 is 0 Å². The van der Waals surface area contributed by atoms with Gasteiger partial charge in [-0.1, -0.05) is 12.7 Å². The van der Waals surface area contributed by atoms with Crippen molar-refractivity contribution in [2.24, 2.45) is 0 Å². The van der Waals surface area contributed by atoms with E-state index in [-0.39, 0.29) is 5.83 Å². The number of nitrogens with zero attached hydrogens (tertiary/aromatic N) is 1. The first-order valence-corrected chi connectivity index (χ1v) is 3.66. The van der Waals surface area contributed by atoms with Gasteiger partial charge in [-0.15, -0.1) is 0 Å². The largest absolute Gasteiger partial charge is 0.349 e. The van der Waals surface area contributed by atoms with E-state index in [2.05, 4.69) is 6.58 Å². The Labute approximate surface area is 66.5 Å². The summed E-state index contributed by atoms with van der Waals surface area (Å²) in [6, 6.07) is 0. The van der Waals surface area contributed by atoms with Gasteiger partial charge in [0.25, 0.3) is 0 Å². The van der Waals surface area contributed by atoms with Gasteiger partial charge in [0.05, 0.1) is 0 Å². The van der Waals surface area contributed by atoms with E-state index in [1.54, 1.807) is 0 Å². The quantitative estimate of drug-likeness (QED) is 0.559. The van der Waals surface area contributed by atoms with E-state index in [1.165, 1.54) is 12.3 Å². The molecule has 2 heteroatoms. The van der Waals surface area contributed by atoms with E-state index in [4.69, 9.17) is 0 Å². The van der Waals surface area contributed by atoms with Crippen molar-refractivity contribution in [1.82, 2.24) is 4.90 Å². The Morgan fingerprint density at radius 3 is 3.09 bits per heavy atom. The van der Waals surface area contributed by atoms with Crippen LogP contribution in [0.5, 0.6) is 0 Å². The third-order valence-electron chi connectivity index (χ3n) is 1.58. The van der Waals surface area contributed by atoms with Crippen LogP contribution >= 0.6 is 0 Å². The number of rotatable bonds is 1. The lowest BCUT2D eigenvalue weighted by Gasteiger charge is -2.17. The van der Waals surface area contributed by atoms with Crippen molar-refractivity contribution in [2.75, 3.05) is 6.54 Å². The fourth-order valence-corrected chi connectivity index (χ4v) is 0.967. The highest BCUT2D eigenvalue weighted by Gasteiger charge is 2.03. The van der Waals surface area contributed by atoms with Gasteiger partial charge in [0.15, 0.2) is 0 Å². The molecule has 0 aromatic carbocycles. The van der Waals surface area contributed by atoms with Gasteiger partial charge in [0, 0.05) is 18.4 Å². The lowest BCUT2D eigenvalue weighted by atomic mass is 10.3. The maximum atomic E-state index is 12.7. The number of hydrogen-bond acceptors (Lipinski definition) is 1. The number of halogens is 1. The van der Waals surface area contributed by atoms with Crippen molar-refractivity contribution in [3.63, 3.8) is 0 Å². The first-order chi connectivity index (χ1) is 5.20. The van der Waals surface area contributed by atoms with E-state index in [1.807, 2.05) is 17.9 Å². The van der Waals surface area contributed by atoms with Crippen LogP contribution in [-0.2, 0) is 0 Å². The predicted molar refractivity (Wildman–Crippen MR) is 44.5 cm³/mol. The van der Waals surface area contributed by atoms with Crippen LogP contribution in [0.4, 0.5) is 4.39 Å². The van der Waals surface area contributed by atoms with Crippen LogP contribution in [0.2, 0.25) is 0 Å². The molecule has 0 spiro atoms. The molecule has 0 atom stereocenters. The number of hydrogen-bond donors (Lipinski definition) is 0. The molecule has 0 unspecified atom stereocenters. The lowest BCUT2D eigenvalue weighted by Crippen LogP contribution is -2.14. The third kappa shape index (κ3) is 2.22. The Bertz CT molecular complexity index is 216. The van der Waals surface area contributed by atoms with Crippen LogP contribution in [0.25, 0.3) is 0 Å². The maximum absolute atomic E-state index is 12.7. The van der Waals surface area contributed by atoms with Gasteiger partial charge in [-0.25, -0.2) is 4.39 Å². The summed E-state index contributed by atoms with van der Waals surface area (Å²) in [6.07, 6.45) is 5.67. The average molecular weight is 153 g/mol. The molecule has 0 bridgehead atoms. The molecule has 1 aliphatic heterocycles. The lowest BCUT2D eigenvalue weighted by molar-refractivity contribution is 0.464. The fourth-order valence-electron chi connectivity index (χ4n) is 0.967. The molecule has 0 amide bonds. The minimum absolute atomic E-state index is 0.203. The zero-order chi connectivity index (χ0) is 8.27. The Kier molecular flexibility index (Phi) is 2.47. The molecule has 0 aromatic rings. The molecule has 0 saturated carbocycles. The van der Waals surface area contributed by atoms with E-state index >= 15 is 0 Å². The van der Waals surface area contributed by atoms with Crippen LogP contribution in [0.15, 0.2) is 36.5 Å². The molecule has 1 aliphatic rings. The van der Waals surface area contributed by atoms with Crippen molar-refractivity contribution in [1.29, 1.82) is 0 Å². The predicted octanol–water partition coefficient (Wildman–Crippen LogP) is 2.59. The minimum atomic E-state index is -0.203. The topological polar surface area (TPSA) is 3.24 Å². The van der Waals surface area contributed by atoms with Crippen molar-refractivity contribution in [3.8, 4) is 0 Å². The van der Waals surface area contributed by atoms with E-state index in [0.717, 1.165) is 18.7 Å². The molecular weight excluding hydrogens is 141 g/mol. The van der Waals surface area contributed by atoms with Crippen LogP contribution in [0, 0.1) is 0 Å². The molecule has 0 radical (unpaired) electrons. The van der Waals surface area contributed by atoms with Crippen molar-refractivity contribution < 1.29 is 4.39 Å². The van der Waals surface area contributed by atoms with Gasteiger partial charge >= 0.3 is 0 Å². The van der Waals surface area contributed by atoms with Crippen LogP contribution in [0.3, 0.4) is 0 Å². The highest BCUT2D eigenvalue weighted by atomic mass is 19.1. The molecule has 0 saturated heterocycles. The summed E-state index contributed by atoms with van der Waals surface area (Å²) in [4.78, 5) is 1.81. The van der Waals surface area contributed by atoms with Crippen molar-refractivity contribution >= 4 is 0 Å². The van der Waals surface area contributed by atoms with Gasteiger partial charge < -0.3 is 4.90 Å². The maximum Gasteiger partial charge on any atom is 0.139 e. The van der Waals surface area contributed by atoms with Crippen molar-refractivity contribution in [3.05, 3.63) is 36.5 Å². The van der Waals surface area contributed by atoms with Gasteiger partial charge in [0.2, 0.25) is 0 Å². The monoisotopic (exact) mass is 153 g/mol. The molecule has 0 fully saturated rings. The number of allylic oxidation sites excluding steroid dienone is 3. The Morgan fingerprint density at radius 2 is 2.45 bits per heavy atom. The molecule has 0 N–H and O–H groups in total. The highest BCUT2D eigenvalue weighted by Crippen LogP contribution is 2.12. The summed E-state index contributed by atoms with van der Waals surface area (Å²) in [5.74, 6) is -0.203. The van der Waals surface area contributed by atoms with Gasteiger partial charge in [-0.2, -0.15) is 0 Å². The normalized spacial score (nSPS) is 17.6. The Balaban J connectivity index is 2.71. The first-order valence-electron chi connectivity index (χ1n) is 3.66. The highest BCUT2D eigenvalue weighted by molar-refractivity contribution is 5.15. The van der Waals surface area contributed by atoms with Gasteiger partial charge in [0.1, 0.15) is 5.83 Å². The molecule has 1 nitrogen and oxygen atoms in total. The van der Waals surface area contributed by atoms with E-state index in [0.29, 0.717) is 0 Å².